The maximum Gasteiger partial charge on any atom is 0.135 e. The lowest BCUT2D eigenvalue weighted by Gasteiger charge is -2.04. The van der Waals surface area contributed by atoms with Crippen LogP contribution in [0, 0.1) is 0 Å². The standard InChI is InChI=1S/C8H9ClN2/c1-8(3-4-8)7-10-5-2-6(9)11-7/h2,5H,3-4H2,1H3. The molecule has 1 fully saturated rings. The van der Waals surface area contributed by atoms with Gasteiger partial charge in [0.1, 0.15) is 11.0 Å². The third kappa shape index (κ3) is 1.23. The molecule has 0 unspecified atom stereocenters. The Bertz CT molecular complexity index is 281. The number of aromatic nitrogens is 2. The molecule has 1 heterocycles. The molecule has 1 aromatic rings. The van der Waals surface area contributed by atoms with Crippen LogP contribution in [-0.4, -0.2) is 9.97 Å². The maximum atomic E-state index is 5.73. The SMILES string of the molecule is CC1(c2nccc(Cl)n2)CC1. The van der Waals surface area contributed by atoms with Crippen molar-refractivity contribution in [3.63, 3.8) is 0 Å². The predicted molar refractivity (Wildman–Crippen MR) is 43.6 cm³/mol. The number of halogens is 1. The van der Waals surface area contributed by atoms with Gasteiger partial charge in [-0.05, 0) is 18.9 Å². The van der Waals surface area contributed by atoms with E-state index in [1.54, 1.807) is 12.3 Å². The van der Waals surface area contributed by atoms with E-state index in [1.165, 1.54) is 12.8 Å². The van der Waals surface area contributed by atoms with Gasteiger partial charge in [0, 0.05) is 11.6 Å². The average Bonchev–Trinajstić information content (AvgIpc) is 2.70. The van der Waals surface area contributed by atoms with Crippen molar-refractivity contribution in [3.05, 3.63) is 23.2 Å². The summed E-state index contributed by atoms with van der Waals surface area (Å²) >= 11 is 5.73. The fraction of sp³-hybridized carbons (Fsp3) is 0.500. The average molecular weight is 169 g/mol. The fourth-order valence-electron chi connectivity index (χ4n) is 1.04. The Labute approximate surface area is 70.6 Å². The molecule has 1 aliphatic carbocycles. The van der Waals surface area contributed by atoms with Crippen LogP contribution in [-0.2, 0) is 5.41 Å². The molecule has 2 rings (SSSR count). The molecule has 0 atom stereocenters. The molecule has 0 bridgehead atoms. The zero-order valence-corrected chi connectivity index (χ0v) is 7.10. The summed E-state index contributed by atoms with van der Waals surface area (Å²) in [5.41, 5.74) is 0.227. The molecule has 0 saturated heterocycles. The van der Waals surface area contributed by atoms with Crippen molar-refractivity contribution in [2.45, 2.75) is 25.2 Å². The smallest absolute Gasteiger partial charge is 0.135 e. The summed E-state index contributed by atoms with van der Waals surface area (Å²) in [6.45, 7) is 2.17. The van der Waals surface area contributed by atoms with Gasteiger partial charge in [0.15, 0.2) is 0 Å². The van der Waals surface area contributed by atoms with Crippen LogP contribution in [0.4, 0.5) is 0 Å². The van der Waals surface area contributed by atoms with Crippen LogP contribution in [0.3, 0.4) is 0 Å². The normalized spacial score (nSPS) is 19.8. The molecule has 0 aliphatic heterocycles. The van der Waals surface area contributed by atoms with Crippen LogP contribution in [0.25, 0.3) is 0 Å². The minimum Gasteiger partial charge on any atom is -0.241 e. The molecule has 0 radical (unpaired) electrons. The van der Waals surface area contributed by atoms with E-state index in [-0.39, 0.29) is 5.41 Å². The monoisotopic (exact) mass is 168 g/mol. The summed E-state index contributed by atoms with van der Waals surface area (Å²) in [4.78, 5) is 8.34. The van der Waals surface area contributed by atoms with Crippen molar-refractivity contribution in [3.8, 4) is 0 Å². The molecular weight excluding hydrogens is 160 g/mol. The van der Waals surface area contributed by atoms with E-state index in [1.807, 2.05) is 0 Å². The van der Waals surface area contributed by atoms with Gasteiger partial charge >= 0.3 is 0 Å². The quantitative estimate of drug-likeness (QED) is 0.601. The number of hydrogen-bond acceptors (Lipinski definition) is 2. The van der Waals surface area contributed by atoms with E-state index in [2.05, 4.69) is 16.9 Å². The first-order chi connectivity index (χ1) is 5.21. The van der Waals surface area contributed by atoms with Crippen molar-refractivity contribution < 1.29 is 0 Å². The van der Waals surface area contributed by atoms with Gasteiger partial charge in [-0.15, -0.1) is 0 Å². The van der Waals surface area contributed by atoms with Crippen LogP contribution in [0.15, 0.2) is 12.3 Å². The lowest BCUT2D eigenvalue weighted by molar-refractivity contribution is 0.708. The van der Waals surface area contributed by atoms with Crippen LogP contribution in [0.1, 0.15) is 25.6 Å². The molecule has 2 nitrogen and oxygen atoms in total. The van der Waals surface area contributed by atoms with Gasteiger partial charge in [-0.2, -0.15) is 0 Å². The molecular formula is C8H9ClN2. The van der Waals surface area contributed by atoms with Crippen molar-refractivity contribution >= 4 is 11.6 Å². The summed E-state index contributed by atoms with van der Waals surface area (Å²) in [5.74, 6) is 0.894. The van der Waals surface area contributed by atoms with Gasteiger partial charge in [-0.1, -0.05) is 18.5 Å². The molecule has 1 aromatic heterocycles. The second-order valence-electron chi connectivity index (χ2n) is 3.26. The summed E-state index contributed by atoms with van der Waals surface area (Å²) in [5, 5.41) is 0.545. The number of hydrogen-bond donors (Lipinski definition) is 0. The summed E-state index contributed by atoms with van der Waals surface area (Å²) in [6.07, 6.45) is 4.09. The summed E-state index contributed by atoms with van der Waals surface area (Å²) in [6, 6.07) is 1.71. The second kappa shape index (κ2) is 2.18. The Balaban J connectivity index is 2.38. The Kier molecular flexibility index (Phi) is 1.39. The van der Waals surface area contributed by atoms with E-state index in [9.17, 15) is 0 Å². The molecule has 0 N–H and O–H groups in total. The minimum absolute atomic E-state index is 0.227. The third-order valence-corrected chi connectivity index (χ3v) is 2.37. The zero-order chi connectivity index (χ0) is 7.90. The molecule has 58 valence electrons. The number of nitrogens with zero attached hydrogens (tertiary/aromatic N) is 2. The Morgan fingerprint density at radius 3 is 2.82 bits per heavy atom. The molecule has 1 aliphatic rings. The van der Waals surface area contributed by atoms with Gasteiger partial charge in [-0.3, -0.25) is 0 Å². The highest BCUT2D eigenvalue weighted by atomic mass is 35.5. The first kappa shape index (κ1) is 7.04. The van der Waals surface area contributed by atoms with Crippen molar-refractivity contribution in [2.75, 3.05) is 0 Å². The highest BCUT2D eigenvalue weighted by Crippen LogP contribution is 2.45. The van der Waals surface area contributed by atoms with Gasteiger partial charge in [0.05, 0.1) is 0 Å². The molecule has 0 spiro atoms. The Hall–Kier alpha value is -0.630. The van der Waals surface area contributed by atoms with Crippen molar-refractivity contribution in [2.24, 2.45) is 0 Å². The second-order valence-corrected chi connectivity index (χ2v) is 3.65. The highest BCUT2D eigenvalue weighted by molar-refractivity contribution is 6.29. The van der Waals surface area contributed by atoms with Crippen LogP contribution < -0.4 is 0 Å². The molecule has 3 heteroatoms. The lowest BCUT2D eigenvalue weighted by atomic mass is 10.1. The number of rotatable bonds is 1. The van der Waals surface area contributed by atoms with Gasteiger partial charge in [-0.25, -0.2) is 9.97 Å². The largest absolute Gasteiger partial charge is 0.241 e. The van der Waals surface area contributed by atoms with Gasteiger partial charge in [0.2, 0.25) is 0 Å². The van der Waals surface area contributed by atoms with Crippen LogP contribution in [0.2, 0.25) is 5.15 Å². The Morgan fingerprint density at radius 1 is 1.55 bits per heavy atom. The lowest BCUT2D eigenvalue weighted by Crippen LogP contribution is -2.05. The van der Waals surface area contributed by atoms with Crippen LogP contribution >= 0.6 is 11.6 Å². The van der Waals surface area contributed by atoms with Crippen molar-refractivity contribution in [1.29, 1.82) is 0 Å². The van der Waals surface area contributed by atoms with E-state index < -0.39 is 0 Å². The van der Waals surface area contributed by atoms with Crippen molar-refractivity contribution in [1.82, 2.24) is 9.97 Å². The molecule has 1 saturated carbocycles. The Morgan fingerprint density at radius 2 is 2.27 bits per heavy atom. The summed E-state index contributed by atoms with van der Waals surface area (Å²) in [7, 11) is 0. The zero-order valence-electron chi connectivity index (χ0n) is 6.34. The predicted octanol–water partition coefficient (Wildman–Crippen LogP) is 2.18. The van der Waals surface area contributed by atoms with E-state index in [4.69, 9.17) is 11.6 Å². The van der Waals surface area contributed by atoms with E-state index >= 15 is 0 Å². The van der Waals surface area contributed by atoms with E-state index in [0.29, 0.717) is 5.15 Å². The molecule has 0 amide bonds. The summed E-state index contributed by atoms with van der Waals surface area (Å²) < 4.78 is 0. The first-order valence-corrected chi connectivity index (χ1v) is 4.08. The first-order valence-electron chi connectivity index (χ1n) is 3.70. The van der Waals surface area contributed by atoms with Crippen LogP contribution in [0.5, 0.6) is 0 Å². The maximum absolute atomic E-state index is 5.73. The third-order valence-electron chi connectivity index (χ3n) is 2.16. The highest BCUT2D eigenvalue weighted by Gasteiger charge is 2.41. The molecule has 11 heavy (non-hydrogen) atoms. The minimum atomic E-state index is 0.227. The van der Waals surface area contributed by atoms with Gasteiger partial charge < -0.3 is 0 Å². The molecule has 0 aromatic carbocycles. The fourth-order valence-corrected chi connectivity index (χ4v) is 1.17. The van der Waals surface area contributed by atoms with E-state index in [0.717, 1.165) is 5.82 Å². The topological polar surface area (TPSA) is 25.8 Å². The van der Waals surface area contributed by atoms with Gasteiger partial charge in [0.25, 0.3) is 0 Å².